The third-order valence-electron chi connectivity index (χ3n) is 3.99. The first kappa shape index (κ1) is 15.7. The molecule has 23 heavy (non-hydrogen) atoms. The van der Waals surface area contributed by atoms with E-state index < -0.39 is 0 Å². The van der Waals surface area contributed by atoms with E-state index in [0.717, 1.165) is 0 Å². The summed E-state index contributed by atoms with van der Waals surface area (Å²) in [6.07, 6.45) is 0.716. The Morgan fingerprint density at radius 3 is 2.43 bits per heavy atom. The van der Waals surface area contributed by atoms with Crippen molar-refractivity contribution in [3.05, 3.63) is 30.3 Å². The third kappa shape index (κ3) is 3.42. The van der Waals surface area contributed by atoms with Gasteiger partial charge in [0.05, 0.1) is 17.9 Å². The molecule has 0 saturated carbocycles. The summed E-state index contributed by atoms with van der Waals surface area (Å²) in [5, 5.41) is 5.66. The number of benzene rings is 1. The number of carbonyl (C=O) groups excluding carboxylic acids is 2. The lowest BCUT2D eigenvalue weighted by molar-refractivity contribution is -0.136. The van der Waals surface area contributed by atoms with Crippen LogP contribution in [0.5, 0.6) is 0 Å². The first-order valence-electron chi connectivity index (χ1n) is 7.95. The zero-order valence-electron chi connectivity index (χ0n) is 13.4. The molecule has 1 aromatic rings. The molecule has 6 heteroatoms. The highest BCUT2D eigenvalue weighted by molar-refractivity contribution is 6.40. The lowest BCUT2D eigenvalue weighted by Gasteiger charge is -2.36. The van der Waals surface area contributed by atoms with Gasteiger partial charge in [-0.25, -0.2) is 5.01 Å². The topological polar surface area (TPSA) is 62.2 Å². The minimum atomic E-state index is -0.0968. The Labute approximate surface area is 135 Å². The number of ether oxygens (including phenoxy) is 1. The molecule has 0 aromatic heterocycles. The van der Waals surface area contributed by atoms with Gasteiger partial charge in [-0.3, -0.25) is 9.59 Å². The van der Waals surface area contributed by atoms with Crippen LogP contribution < -0.4 is 5.01 Å². The highest BCUT2D eigenvalue weighted by Gasteiger charge is 2.32. The monoisotopic (exact) mass is 315 g/mol. The molecule has 0 aliphatic carbocycles. The lowest BCUT2D eigenvalue weighted by Crippen LogP contribution is -2.51. The number of para-hydroxylation sites is 1. The molecule has 6 nitrogen and oxygen atoms in total. The maximum atomic E-state index is 12.7. The van der Waals surface area contributed by atoms with Crippen molar-refractivity contribution in [2.24, 2.45) is 5.10 Å². The average Bonchev–Trinajstić information content (AvgIpc) is 2.54. The van der Waals surface area contributed by atoms with Crippen molar-refractivity contribution in [1.29, 1.82) is 0 Å². The van der Waals surface area contributed by atoms with Crippen molar-refractivity contribution in [2.75, 3.05) is 18.1 Å². The molecule has 2 unspecified atom stereocenters. The standard InChI is InChI=1S/C17H21N3O3/c1-12-10-19(11-13(2)23-12)17(22)15-8-9-16(21)20(18-15)14-6-4-3-5-7-14/h3-7,12-13H,8-11H2,1-2H3. The molecule has 122 valence electrons. The zero-order valence-corrected chi connectivity index (χ0v) is 13.4. The van der Waals surface area contributed by atoms with Gasteiger partial charge in [0.25, 0.3) is 5.91 Å². The molecule has 2 heterocycles. The summed E-state index contributed by atoms with van der Waals surface area (Å²) in [7, 11) is 0. The SMILES string of the molecule is CC1CN(C(=O)C2=NN(c3ccccc3)C(=O)CC2)CC(C)O1. The van der Waals surface area contributed by atoms with Gasteiger partial charge in [-0.15, -0.1) is 0 Å². The van der Waals surface area contributed by atoms with Gasteiger partial charge in [0, 0.05) is 25.9 Å². The van der Waals surface area contributed by atoms with Crippen molar-refractivity contribution in [2.45, 2.75) is 38.9 Å². The van der Waals surface area contributed by atoms with E-state index >= 15 is 0 Å². The first-order valence-corrected chi connectivity index (χ1v) is 7.95. The molecule has 1 fully saturated rings. The summed E-state index contributed by atoms with van der Waals surface area (Å²) in [5.41, 5.74) is 1.13. The second-order valence-corrected chi connectivity index (χ2v) is 6.06. The minimum Gasteiger partial charge on any atom is -0.372 e. The van der Waals surface area contributed by atoms with Gasteiger partial charge in [0.2, 0.25) is 5.91 Å². The van der Waals surface area contributed by atoms with Crippen molar-refractivity contribution in [3.63, 3.8) is 0 Å². The normalized spacial score (nSPS) is 25.3. The van der Waals surface area contributed by atoms with Gasteiger partial charge >= 0.3 is 0 Å². The molecule has 2 aliphatic rings. The van der Waals surface area contributed by atoms with E-state index in [4.69, 9.17) is 4.74 Å². The molecule has 2 atom stereocenters. The van der Waals surface area contributed by atoms with Crippen LogP contribution in [0.15, 0.2) is 35.4 Å². The molecular weight excluding hydrogens is 294 g/mol. The Bertz CT molecular complexity index is 619. The van der Waals surface area contributed by atoms with Gasteiger partial charge in [0.15, 0.2) is 0 Å². The van der Waals surface area contributed by atoms with Gasteiger partial charge in [-0.2, -0.15) is 5.10 Å². The van der Waals surface area contributed by atoms with E-state index in [2.05, 4.69) is 5.10 Å². The highest BCUT2D eigenvalue weighted by Crippen LogP contribution is 2.21. The molecule has 2 aliphatic heterocycles. The van der Waals surface area contributed by atoms with Crippen LogP contribution >= 0.6 is 0 Å². The highest BCUT2D eigenvalue weighted by atomic mass is 16.5. The number of amides is 2. The second kappa shape index (κ2) is 6.50. The maximum absolute atomic E-state index is 12.7. The van der Waals surface area contributed by atoms with Crippen LogP contribution in [0.25, 0.3) is 0 Å². The quantitative estimate of drug-likeness (QED) is 0.836. The summed E-state index contributed by atoms with van der Waals surface area (Å²) in [4.78, 5) is 26.6. The smallest absolute Gasteiger partial charge is 0.270 e. The molecule has 3 rings (SSSR count). The van der Waals surface area contributed by atoms with Crippen LogP contribution in [-0.2, 0) is 14.3 Å². The Balaban J connectivity index is 1.81. The third-order valence-corrected chi connectivity index (χ3v) is 3.99. The number of rotatable bonds is 2. The Morgan fingerprint density at radius 2 is 1.78 bits per heavy atom. The summed E-state index contributed by atoms with van der Waals surface area (Å²) in [6.45, 7) is 5.03. The second-order valence-electron chi connectivity index (χ2n) is 6.06. The number of hydrogen-bond acceptors (Lipinski definition) is 4. The molecule has 2 amide bonds. The maximum Gasteiger partial charge on any atom is 0.270 e. The van der Waals surface area contributed by atoms with Crippen molar-refractivity contribution >= 4 is 23.2 Å². The number of hydrazone groups is 1. The lowest BCUT2D eigenvalue weighted by atomic mass is 10.1. The molecule has 0 spiro atoms. The first-order chi connectivity index (χ1) is 11.0. The average molecular weight is 315 g/mol. The van der Waals surface area contributed by atoms with Crippen LogP contribution in [0.2, 0.25) is 0 Å². The molecule has 1 aromatic carbocycles. The van der Waals surface area contributed by atoms with Crippen molar-refractivity contribution in [3.8, 4) is 0 Å². The zero-order chi connectivity index (χ0) is 16.4. The Kier molecular flexibility index (Phi) is 4.43. The number of nitrogens with zero attached hydrogens (tertiary/aromatic N) is 3. The Morgan fingerprint density at radius 1 is 1.13 bits per heavy atom. The van der Waals surface area contributed by atoms with Crippen LogP contribution in [0.3, 0.4) is 0 Å². The number of morpholine rings is 1. The number of anilines is 1. The van der Waals surface area contributed by atoms with Crippen LogP contribution in [0, 0.1) is 0 Å². The van der Waals surface area contributed by atoms with Crippen molar-refractivity contribution < 1.29 is 14.3 Å². The summed E-state index contributed by atoms with van der Waals surface area (Å²) >= 11 is 0. The van der Waals surface area contributed by atoms with Crippen LogP contribution in [0.1, 0.15) is 26.7 Å². The van der Waals surface area contributed by atoms with Gasteiger partial charge in [-0.1, -0.05) is 18.2 Å². The predicted octanol–water partition coefficient (Wildman–Crippen LogP) is 1.81. The molecule has 0 bridgehead atoms. The molecular formula is C17H21N3O3. The predicted molar refractivity (Wildman–Crippen MR) is 87.2 cm³/mol. The van der Waals surface area contributed by atoms with E-state index in [9.17, 15) is 9.59 Å². The van der Waals surface area contributed by atoms with Gasteiger partial charge in [0.1, 0.15) is 5.71 Å². The Hall–Kier alpha value is -2.21. The van der Waals surface area contributed by atoms with Gasteiger partial charge < -0.3 is 9.64 Å². The number of hydrogen-bond donors (Lipinski definition) is 0. The van der Waals surface area contributed by atoms with E-state index in [1.54, 1.807) is 4.90 Å². The number of carbonyl (C=O) groups is 2. The molecule has 0 radical (unpaired) electrons. The summed E-state index contributed by atoms with van der Waals surface area (Å²) in [6, 6.07) is 9.20. The van der Waals surface area contributed by atoms with Crippen molar-refractivity contribution in [1.82, 2.24) is 4.90 Å². The fourth-order valence-corrected chi connectivity index (χ4v) is 3.00. The summed E-state index contributed by atoms with van der Waals surface area (Å²) in [5.74, 6) is -0.183. The van der Waals surface area contributed by atoms with E-state index in [1.807, 2.05) is 44.2 Å². The largest absolute Gasteiger partial charge is 0.372 e. The fraction of sp³-hybridized carbons (Fsp3) is 0.471. The van der Waals surface area contributed by atoms with E-state index in [0.29, 0.717) is 37.3 Å². The molecule has 0 N–H and O–H groups in total. The van der Waals surface area contributed by atoms with Crippen LogP contribution in [-0.4, -0.2) is 47.7 Å². The minimum absolute atomic E-state index is 0.0127. The van der Waals surface area contributed by atoms with Crippen LogP contribution in [0.4, 0.5) is 5.69 Å². The molecule has 1 saturated heterocycles. The summed E-state index contributed by atoms with van der Waals surface area (Å²) < 4.78 is 5.66. The van der Waals surface area contributed by atoms with E-state index in [-0.39, 0.29) is 24.0 Å². The van der Waals surface area contributed by atoms with E-state index in [1.165, 1.54) is 5.01 Å². The fourth-order valence-electron chi connectivity index (χ4n) is 3.00. The van der Waals surface area contributed by atoms with Gasteiger partial charge in [-0.05, 0) is 26.0 Å².